The standard InChI is InChI=1S/C13H10BrClO2S/c1-7-10(14)6-12(18-7)13(16)9-5-8(15)3-4-11(9)17-2/h3-6H,1-2H3. The number of rotatable bonds is 3. The summed E-state index contributed by atoms with van der Waals surface area (Å²) in [4.78, 5) is 14.1. The Kier molecular flexibility index (Phi) is 4.10. The van der Waals surface area contributed by atoms with E-state index in [9.17, 15) is 4.79 Å². The second-order valence-corrected chi connectivity index (χ2v) is 6.24. The van der Waals surface area contributed by atoms with Crippen molar-refractivity contribution in [2.45, 2.75) is 6.92 Å². The number of benzene rings is 1. The van der Waals surface area contributed by atoms with E-state index in [2.05, 4.69) is 15.9 Å². The van der Waals surface area contributed by atoms with Gasteiger partial charge in [0.05, 0.1) is 17.6 Å². The Balaban J connectivity index is 2.48. The smallest absolute Gasteiger partial charge is 0.206 e. The van der Waals surface area contributed by atoms with Gasteiger partial charge in [-0.25, -0.2) is 0 Å². The number of hydrogen-bond donors (Lipinski definition) is 0. The molecule has 0 saturated heterocycles. The fourth-order valence-electron chi connectivity index (χ4n) is 1.56. The first kappa shape index (κ1) is 13.6. The summed E-state index contributed by atoms with van der Waals surface area (Å²) in [6, 6.07) is 6.85. The molecule has 2 rings (SSSR count). The molecule has 0 unspecified atom stereocenters. The highest BCUT2D eigenvalue weighted by molar-refractivity contribution is 9.10. The fraction of sp³-hybridized carbons (Fsp3) is 0.154. The maximum atomic E-state index is 12.4. The Morgan fingerprint density at radius 1 is 1.39 bits per heavy atom. The molecule has 0 aliphatic carbocycles. The van der Waals surface area contributed by atoms with Gasteiger partial charge >= 0.3 is 0 Å². The van der Waals surface area contributed by atoms with Gasteiger partial charge in [0.25, 0.3) is 0 Å². The van der Waals surface area contributed by atoms with Gasteiger partial charge in [0.15, 0.2) is 0 Å². The highest BCUT2D eigenvalue weighted by Crippen LogP contribution is 2.31. The van der Waals surface area contributed by atoms with Crippen molar-refractivity contribution in [1.82, 2.24) is 0 Å². The van der Waals surface area contributed by atoms with Crippen LogP contribution in [0.15, 0.2) is 28.7 Å². The third-order valence-electron chi connectivity index (χ3n) is 2.49. The van der Waals surface area contributed by atoms with Crippen molar-refractivity contribution in [2.75, 3.05) is 7.11 Å². The number of ether oxygens (including phenoxy) is 1. The summed E-state index contributed by atoms with van der Waals surface area (Å²) in [5.41, 5.74) is 0.485. The van der Waals surface area contributed by atoms with E-state index in [1.165, 1.54) is 18.4 Å². The minimum atomic E-state index is -0.0758. The SMILES string of the molecule is COc1ccc(Cl)cc1C(=O)c1cc(Br)c(C)s1. The monoisotopic (exact) mass is 344 g/mol. The molecule has 5 heteroatoms. The lowest BCUT2D eigenvalue weighted by atomic mass is 10.1. The highest BCUT2D eigenvalue weighted by atomic mass is 79.9. The first-order valence-electron chi connectivity index (χ1n) is 5.17. The lowest BCUT2D eigenvalue weighted by molar-refractivity contribution is 0.103. The molecule has 1 aromatic heterocycles. The molecule has 0 bridgehead atoms. The number of thiophene rings is 1. The summed E-state index contributed by atoms with van der Waals surface area (Å²) < 4.78 is 6.13. The minimum absolute atomic E-state index is 0.0758. The van der Waals surface area contributed by atoms with Crippen LogP contribution in [0.5, 0.6) is 5.75 Å². The van der Waals surface area contributed by atoms with Crippen LogP contribution in [0.1, 0.15) is 20.1 Å². The van der Waals surface area contributed by atoms with Gasteiger partial charge in [0, 0.05) is 14.4 Å². The van der Waals surface area contributed by atoms with Crippen molar-refractivity contribution in [3.8, 4) is 5.75 Å². The maximum Gasteiger partial charge on any atom is 0.206 e. The van der Waals surface area contributed by atoms with Crippen LogP contribution >= 0.6 is 38.9 Å². The topological polar surface area (TPSA) is 26.3 Å². The van der Waals surface area contributed by atoms with Gasteiger partial charge in [-0.15, -0.1) is 11.3 Å². The molecular weight excluding hydrogens is 336 g/mol. The summed E-state index contributed by atoms with van der Waals surface area (Å²) in [7, 11) is 1.54. The van der Waals surface area contributed by atoms with E-state index in [-0.39, 0.29) is 5.78 Å². The van der Waals surface area contributed by atoms with E-state index in [0.717, 1.165) is 9.35 Å². The molecule has 0 fully saturated rings. The average molecular weight is 346 g/mol. The van der Waals surface area contributed by atoms with Crippen molar-refractivity contribution in [1.29, 1.82) is 0 Å². The van der Waals surface area contributed by atoms with Crippen LogP contribution in [-0.2, 0) is 0 Å². The number of hydrogen-bond acceptors (Lipinski definition) is 3. The summed E-state index contributed by atoms with van der Waals surface area (Å²) in [6.45, 7) is 1.96. The number of ketones is 1. The molecule has 2 nitrogen and oxygen atoms in total. The molecule has 94 valence electrons. The molecule has 0 atom stereocenters. The number of aryl methyl sites for hydroxylation is 1. The zero-order valence-corrected chi connectivity index (χ0v) is 12.9. The predicted molar refractivity (Wildman–Crippen MR) is 78.2 cm³/mol. The maximum absolute atomic E-state index is 12.4. The second kappa shape index (κ2) is 5.43. The van der Waals surface area contributed by atoms with Crippen LogP contribution in [0.3, 0.4) is 0 Å². The lowest BCUT2D eigenvalue weighted by Gasteiger charge is -2.06. The molecule has 1 aromatic carbocycles. The summed E-state index contributed by atoms with van der Waals surface area (Å²) in [5, 5.41) is 0.520. The minimum Gasteiger partial charge on any atom is -0.496 e. The molecule has 0 amide bonds. The molecule has 0 N–H and O–H groups in total. The molecular formula is C13H10BrClO2S. The van der Waals surface area contributed by atoms with Gasteiger partial charge in [0.1, 0.15) is 5.75 Å². The molecule has 2 aromatic rings. The van der Waals surface area contributed by atoms with Crippen LogP contribution < -0.4 is 4.74 Å². The predicted octanol–water partition coefficient (Wildman–Crippen LogP) is 4.71. The van der Waals surface area contributed by atoms with Crippen molar-refractivity contribution in [3.63, 3.8) is 0 Å². The zero-order chi connectivity index (χ0) is 13.3. The van der Waals surface area contributed by atoms with E-state index in [0.29, 0.717) is 21.2 Å². The summed E-state index contributed by atoms with van der Waals surface area (Å²) in [5.74, 6) is 0.458. The first-order valence-corrected chi connectivity index (χ1v) is 7.16. The van der Waals surface area contributed by atoms with Crippen LogP contribution in [0.25, 0.3) is 0 Å². The summed E-state index contributed by atoms with van der Waals surface area (Å²) >= 11 is 10.8. The molecule has 0 aliphatic heterocycles. The first-order chi connectivity index (χ1) is 8.52. The number of carbonyl (C=O) groups excluding carboxylic acids is 1. The second-order valence-electron chi connectivity index (χ2n) is 3.69. The van der Waals surface area contributed by atoms with Gasteiger partial charge in [-0.1, -0.05) is 11.6 Å². The Bertz CT molecular complexity index is 588. The quantitative estimate of drug-likeness (QED) is 0.753. The summed E-state index contributed by atoms with van der Waals surface area (Å²) in [6.07, 6.45) is 0. The fourth-order valence-corrected chi connectivity index (χ4v) is 3.22. The third-order valence-corrected chi connectivity index (χ3v) is 4.86. The van der Waals surface area contributed by atoms with E-state index in [1.54, 1.807) is 18.2 Å². The van der Waals surface area contributed by atoms with E-state index >= 15 is 0 Å². The molecule has 0 spiro atoms. The van der Waals surface area contributed by atoms with Crippen molar-refractivity contribution >= 4 is 44.7 Å². The molecule has 0 aliphatic rings. The van der Waals surface area contributed by atoms with Gasteiger partial charge < -0.3 is 4.74 Å². The van der Waals surface area contributed by atoms with Crippen molar-refractivity contribution in [2.24, 2.45) is 0 Å². The average Bonchev–Trinajstić information content (AvgIpc) is 2.68. The van der Waals surface area contributed by atoms with Crippen LogP contribution in [0, 0.1) is 6.92 Å². The molecule has 18 heavy (non-hydrogen) atoms. The highest BCUT2D eigenvalue weighted by Gasteiger charge is 2.18. The van der Waals surface area contributed by atoms with Crippen molar-refractivity contribution in [3.05, 3.63) is 49.1 Å². The lowest BCUT2D eigenvalue weighted by Crippen LogP contribution is -2.01. The zero-order valence-electron chi connectivity index (χ0n) is 9.79. The van der Waals surface area contributed by atoms with Gasteiger partial charge in [-0.3, -0.25) is 4.79 Å². The van der Waals surface area contributed by atoms with Crippen LogP contribution in [0.2, 0.25) is 5.02 Å². The largest absolute Gasteiger partial charge is 0.496 e. The van der Waals surface area contributed by atoms with Crippen LogP contribution in [-0.4, -0.2) is 12.9 Å². The van der Waals surface area contributed by atoms with Crippen molar-refractivity contribution < 1.29 is 9.53 Å². The van der Waals surface area contributed by atoms with E-state index in [4.69, 9.17) is 16.3 Å². The molecule has 1 heterocycles. The van der Waals surface area contributed by atoms with Gasteiger partial charge in [0.2, 0.25) is 5.78 Å². The Labute approximate surface area is 123 Å². The Morgan fingerprint density at radius 3 is 2.67 bits per heavy atom. The normalized spacial score (nSPS) is 10.4. The van der Waals surface area contributed by atoms with Crippen LogP contribution in [0.4, 0.5) is 0 Å². The third kappa shape index (κ3) is 2.60. The number of carbonyl (C=O) groups is 1. The number of halogens is 2. The Hall–Kier alpha value is -0.840. The molecule has 0 radical (unpaired) electrons. The van der Waals surface area contributed by atoms with E-state index < -0.39 is 0 Å². The Morgan fingerprint density at radius 2 is 2.11 bits per heavy atom. The number of methoxy groups -OCH3 is 1. The van der Waals surface area contributed by atoms with E-state index in [1.807, 2.05) is 13.0 Å². The van der Waals surface area contributed by atoms with Gasteiger partial charge in [-0.05, 0) is 47.1 Å². The van der Waals surface area contributed by atoms with Gasteiger partial charge in [-0.2, -0.15) is 0 Å². The molecule has 0 saturated carbocycles.